The first-order chi connectivity index (χ1) is 9.43. The fourth-order valence-corrected chi connectivity index (χ4v) is 2.02. The van der Waals surface area contributed by atoms with E-state index in [0.717, 1.165) is 0 Å². The number of rotatable bonds is 6. The van der Waals surface area contributed by atoms with Gasteiger partial charge in [0.05, 0.1) is 6.54 Å². The summed E-state index contributed by atoms with van der Waals surface area (Å²) in [6.45, 7) is 2.42. The summed E-state index contributed by atoms with van der Waals surface area (Å²) < 4.78 is 0. The molecule has 0 heterocycles. The molecule has 0 spiro atoms. The van der Waals surface area contributed by atoms with Gasteiger partial charge in [-0.1, -0.05) is 24.6 Å². The van der Waals surface area contributed by atoms with Crippen LogP contribution >= 0.6 is 24.0 Å². The van der Waals surface area contributed by atoms with Gasteiger partial charge in [-0.3, -0.25) is 9.59 Å². The lowest BCUT2D eigenvalue weighted by atomic mass is 10.1. The number of amides is 2. The highest BCUT2D eigenvalue weighted by molar-refractivity contribution is 6.30. The maximum Gasteiger partial charge on any atom is 0.243 e. The van der Waals surface area contributed by atoms with E-state index in [1.54, 1.807) is 38.4 Å². The zero-order chi connectivity index (χ0) is 15.1. The molecule has 1 atom stereocenters. The topological polar surface area (TPSA) is 61.4 Å². The number of anilines is 1. The third kappa shape index (κ3) is 6.80. The summed E-state index contributed by atoms with van der Waals surface area (Å²) in [4.78, 5) is 25.2. The molecule has 0 saturated heterocycles. The molecular weight excluding hydrogens is 313 g/mol. The maximum atomic E-state index is 12.0. The van der Waals surface area contributed by atoms with Crippen LogP contribution in [0.2, 0.25) is 5.02 Å². The average Bonchev–Trinajstić information content (AvgIpc) is 2.37. The minimum absolute atomic E-state index is 0. The van der Waals surface area contributed by atoms with Crippen molar-refractivity contribution < 1.29 is 9.59 Å². The van der Waals surface area contributed by atoms with Gasteiger partial charge in [-0.25, -0.2) is 0 Å². The fourth-order valence-electron chi connectivity index (χ4n) is 1.83. The normalized spacial score (nSPS) is 11.2. The molecule has 1 rings (SSSR count). The van der Waals surface area contributed by atoms with Gasteiger partial charge in [0.1, 0.15) is 0 Å². The van der Waals surface area contributed by atoms with Crippen molar-refractivity contribution in [3.63, 3.8) is 0 Å². The lowest BCUT2D eigenvalue weighted by Crippen LogP contribution is -2.40. The predicted octanol–water partition coefficient (Wildman–Crippen LogP) is 2.01. The van der Waals surface area contributed by atoms with E-state index in [9.17, 15) is 9.59 Å². The Balaban J connectivity index is 0.00000400. The minimum atomic E-state index is -0.250. The van der Waals surface area contributed by atoms with Crippen LogP contribution in [0.15, 0.2) is 24.3 Å². The van der Waals surface area contributed by atoms with Gasteiger partial charge in [-0.05, 0) is 25.2 Å². The summed E-state index contributed by atoms with van der Waals surface area (Å²) in [7, 11) is 3.40. The lowest BCUT2D eigenvalue weighted by molar-refractivity contribution is -0.136. The Labute approximate surface area is 136 Å². The SMILES string of the molecule is CNCC(C)C(=O)N(C)CC(=O)Nc1cccc(Cl)c1.Cl. The molecule has 0 bridgehead atoms. The highest BCUT2D eigenvalue weighted by atomic mass is 35.5. The van der Waals surface area contributed by atoms with Crippen molar-refractivity contribution in [3.05, 3.63) is 29.3 Å². The Morgan fingerprint density at radius 3 is 2.62 bits per heavy atom. The zero-order valence-corrected chi connectivity index (χ0v) is 13.9. The van der Waals surface area contributed by atoms with Crippen molar-refractivity contribution >= 4 is 41.5 Å². The first-order valence-electron chi connectivity index (χ1n) is 6.39. The Morgan fingerprint density at radius 2 is 2.05 bits per heavy atom. The highest BCUT2D eigenvalue weighted by Crippen LogP contribution is 2.14. The molecule has 118 valence electrons. The predicted molar refractivity (Wildman–Crippen MR) is 88.1 cm³/mol. The van der Waals surface area contributed by atoms with Gasteiger partial charge in [0, 0.05) is 30.2 Å². The minimum Gasteiger partial charge on any atom is -0.336 e. The first-order valence-corrected chi connectivity index (χ1v) is 6.76. The molecule has 0 aliphatic rings. The van der Waals surface area contributed by atoms with Crippen LogP contribution in [0.25, 0.3) is 0 Å². The van der Waals surface area contributed by atoms with Crippen LogP contribution in [0.1, 0.15) is 6.92 Å². The maximum absolute atomic E-state index is 12.0. The molecule has 0 aromatic heterocycles. The lowest BCUT2D eigenvalue weighted by Gasteiger charge is -2.20. The molecule has 7 heteroatoms. The summed E-state index contributed by atoms with van der Waals surface area (Å²) in [6, 6.07) is 6.88. The van der Waals surface area contributed by atoms with E-state index in [4.69, 9.17) is 11.6 Å². The van der Waals surface area contributed by atoms with Crippen molar-refractivity contribution in [3.8, 4) is 0 Å². The number of hydrogen-bond donors (Lipinski definition) is 2. The third-order valence-electron chi connectivity index (χ3n) is 2.80. The van der Waals surface area contributed by atoms with E-state index in [-0.39, 0.29) is 36.7 Å². The Hall–Kier alpha value is -1.30. The molecule has 1 aromatic rings. The van der Waals surface area contributed by atoms with Crippen LogP contribution in [0.4, 0.5) is 5.69 Å². The van der Waals surface area contributed by atoms with Crippen LogP contribution in [0.5, 0.6) is 0 Å². The number of nitrogens with one attached hydrogen (secondary N) is 2. The average molecular weight is 334 g/mol. The summed E-state index contributed by atoms with van der Waals surface area (Å²) >= 11 is 5.84. The van der Waals surface area contributed by atoms with Gasteiger partial charge >= 0.3 is 0 Å². The number of carbonyl (C=O) groups excluding carboxylic acids is 2. The zero-order valence-electron chi connectivity index (χ0n) is 12.4. The van der Waals surface area contributed by atoms with Gasteiger partial charge in [-0.2, -0.15) is 0 Å². The largest absolute Gasteiger partial charge is 0.336 e. The van der Waals surface area contributed by atoms with E-state index < -0.39 is 0 Å². The number of hydrogen-bond acceptors (Lipinski definition) is 3. The van der Waals surface area contributed by atoms with Crippen LogP contribution in [-0.4, -0.2) is 43.9 Å². The molecule has 1 unspecified atom stereocenters. The van der Waals surface area contributed by atoms with Crippen molar-refractivity contribution in [2.45, 2.75) is 6.92 Å². The van der Waals surface area contributed by atoms with E-state index in [1.807, 2.05) is 6.92 Å². The molecule has 0 fully saturated rings. The number of nitrogens with zero attached hydrogens (tertiary/aromatic N) is 1. The van der Waals surface area contributed by atoms with Gasteiger partial charge in [-0.15, -0.1) is 12.4 Å². The van der Waals surface area contributed by atoms with Gasteiger partial charge in [0.2, 0.25) is 11.8 Å². The molecule has 0 aliphatic heterocycles. The fraction of sp³-hybridized carbons (Fsp3) is 0.429. The van der Waals surface area contributed by atoms with E-state index in [2.05, 4.69) is 10.6 Å². The third-order valence-corrected chi connectivity index (χ3v) is 3.03. The van der Waals surface area contributed by atoms with Gasteiger partial charge in [0.25, 0.3) is 0 Å². The second-order valence-electron chi connectivity index (χ2n) is 4.71. The summed E-state index contributed by atoms with van der Waals surface area (Å²) in [5.74, 6) is -0.482. The van der Waals surface area contributed by atoms with E-state index in [1.165, 1.54) is 4.90 Å². The molecule has 2 N–H and O–H groups in total. The van der Waals surface area contributed by atoms with Crippen molar-refractivity contribution in [1.82, 2.24) is 10.2 Å². The van der Waals surface area contributed by atoms with Crippen LogP contribution in [0, 0.1) is 5.92 Å². The van der Waals surface area contributed by atoms with E-state index in [0.29, 0.717) is 17.3 Å². The molecule has 2 amide bonds. The first kappa shape index (κ1) is 19.7. The summed E-state index contributed by atoms with van der Waals surface area (Å²) in [5, 5.41) is 6.20. The molecule has 1 aromatic carbocycles. The summed E-state index contributed by atoms with van der Waals surface area (Å²) in [5.41, 5.74) is 0.617. The van der Waals surface area contributed by atoms with Gasteiger partial charge < -0.3 is 15.5 Å². The highest BCUT2D eigenvalue weighted by Gasteiger charge is 2.18. The summed E-state index contributed by atoms with van der Waals surface area (Å²) in [6.07, 6.45) is 0. The van der Waals surface area contributed by atoms with Crippen molar-refractivity contribution in [2.75, 3.05) is 32.5 Å². The number of carbonyl (C=O) groups is 2. The molecule has 5 nitrogen and oxygen atoms in total. The molecule has 0 radical (unpaired) electrons. The van der Waals surface area contributed by atoms with Crippen LogP contribution in [0.3, 0.4) is 0 Å². The molecular formula is C14H21Cl2N3O2. The smallest absolute Gasteiger partial charge is 0.243 e. The van der Waals surface area contributed by atoms with Crippen LogP contribution < -0.4 is 10.6 Å². The molecule has 21 heavy (non-hydrogen) atoms. The van der Waals surface area contributed by atoms with E-state index >= 15 is 0 Å². The van der Waals surface area contributed by atoms with Gasteiger partial charge in [0.15, 0.2) is 0 Å². The second-order valence-corrected chi connectivity index (χ2v) is 5.15. The Morgan fingerprint density at radius 1 is 1.38 bits per heavy atom. The quantitative estimate of drug-likeness (QED) is 0.837. The Bertz CT molecular complexity index is 483. The second kappa shape index (κ2) is 9.60. The van der Waals surface area contributed by atoms with Crippen molar-refractivity contribution in [1.29, 1.82) is 0 Å². The van der Waals surface area contributed by atoms with Crippen molar-refractivity contribution in [2.24, 2.45) is 5.92 Å². The number of halogens is 2. The van der Waals surface area contributed by atoms with Crippen LogP contribution in [-0.2, 0) is 9.59 Å². The monoisotopic (exact) mass is 333 g/mol. The Kier molecular flexibility index (Phi) is 9.01. The molecule has 0 aliphatic carbocycles. The molecule has 0 saturated carbocycles. The number of likely N-dealkylation sites (N-methyl/N-ethyl adjacent to an activating group) is 1. The standard InChI is InChI=1S/C14H20ClN3O2.ClH/c1-10(8-16-2)14(20)18(3)9-13(19)17-12-6-4-5-11(15)7-12;/h4-7,10,16H,8-9H2,1-3H3,(H,17,19);1H. The number of benzene rings is 1.